The number of anilines is 2. The normalized spacial score (nSPS) is 11.9. The lowest BCUT2D eigenvalue weighted by Crippen LogP contribution is -2.14. The summed E-state index contributed by atoms with van der Waals surface area (Å²) in [5.41, 5.74) is 1.80. The molecule has 7 nitrogen and oxygen atoms in total. The van der Waals surface area contributed by atoms with Crippen molar-refractivity contribution in [2.75, 3.05) is 5.32 Å². The lowest BCUT2D eigenvalue weighted by molar-refractivity contribution is -0.146. The molecule has 0 bridgehead atoms. The summed E-state index contributed by atoms with van der Waals surface area (Å²) in [5, 5.41) is 17.8. The summed E-state index contributed by atoms with van der Waals surface area (Å²) < 4.78 is 55.3. The first-order chi connectivity index (χ1) is 13.3. The highest BCUT2D eigenvalue weighted by Gasteiger charge is 2.38. The van der Waals surface area contributed by atoms with Gasteiger partial charge in [-0.3, -0.25) is 0 Å². The monoisotopic (exact) mass is 391 g/mol. The van der Waals surface area contributed by atoms with Gasteiger partial charge in [-0.2, -0.15) is 22.8 Å². The number of para-hydroxylation sites is 1. The maximum Gasteiger partial charge on any atom is 0.453 e. The summed E-state index contributed by atoms with van der Waals surface area (Å²) in [6.45, 7) is 3.34. The molecule has 3 heterocycles. The topological polar surface area (TPSA) is 72.9 Å². The summed E-state index contributed by atoms with van der Waals surface area (Å²) in [5.74, 6) is -1.48. The van der Waals surface area contributed by atoms with Crippen molar-refractivity contribution >= 4 is 17.2 Å². The summed E-state index contributed by atoms with van der Waals surface area (Å²) >= 11 is 0. The molecule has 0 saturated heterocycles. The summed E-state index contributed by atoms with van der Waals surface area (Å²) in [6.07, 6.45) is -1.76. The number of rotatable bonds is 3. The van der Waals surface area contributed by atoms with Gasteiger partial charge in [-0.1, -0.05) is 12.1 Å². The van der Waals surface area contributed by atoms with Crippen molar-refractivity contribution in [2.24, 2.45) is 0 Å². The molecule has 1 N–H and O–H groups in total. The molecule has 4 rings (SSSR count). The fourth-order valence-electron chi connectivity index (χ4n) is 2.72. The Morgan fingerprint density at radius 1 is 1.04 bits per heavy atom. The molecule has 3 aromatic heterocycles. The number of nitrogens with zero attached hydrogens (tertiary/aromatic N) is 6. The smallest absolute Gasteiger partial charge is 0.336 e. The SMILES string of the molecule is Cc1c(Nc2cnn(-c3ccccc3F)c2)nn2c(C(F)(F)F)nnc2c1C. The lowest BCUT2D eigenvalue weighted by atomic mass is 10.2. The van der Waals surface area contributed by atoms with E-state index in [4.69, 9.17) is 0 Å². The molecule has 0 radical (unpaired) electrons. The molecule has 0 spiro atoms. The zero-order chi connectivity index (χ0) is 20.1. The Kier molecular flexibility index (Phi) is 4.02. The van der Waals surface area contributed by atoms with Crippen LogP contribution in [-0.4, -0.2) is 29.6 Å². The number of hydrogen-bond donors (Lipinski definition) is 1. The predicted octanol–water partition coefficient (Wildman–Crippen LogP) is 3.83. The van der Waals surface area contributed by atoms with Gasteiger partial charge in [0.15, 0.2) is 11.5 Å². The third-order valence-electron chi connectivity index (χ3n) is 4.29. The molecule has 0 unspecified atom stereocenters. The van der Waals surface area contributed by atoms with Crippen LogP contribution in [0.15, 0.2) is 36.7 Å². The van der Waals surface area contributed by atoms with Gasteiger partial charge in [-0.05, 0) is 26.0 Å². The second-order valence-electron chi connectivity index (χ2n) is 6.11. The molecule has 0 aliphatic rings. The van der Waals surface area contributed by atoms with E-state index in [0.717, 1.165) is 0 Å². The average Bonchev–Trinajstić information content (AvgIpc) is 3.26. The van der Waals surface area contributed by atoms with Gasteiger partial charge in [0.05, 0.1) is 18.1 Å². The van der Waals surface area contributed by atoms with E-state index in [1.807, 2.05) is 0 Å². The van der Waals surface area contributed by atoms with Crippen LogP contribution in [0, 0.1) is 19.7 Å². The molecule has 144 valence electrons. The third-order valence-corrected chi connectivity index (χ3v) is 4.29. The molecule has 4 aromatic rings. The van der Waals surface area contributed by atoms with Crippen LogP contribution in [0.3, 0.4) is 0 Å². The standard InChI is InChI=1S/C17H13F4N7/c1-9-10(2)15-24-25-16(17(19,20)21)28(15)26-14(9)23-11-7-22-27(8-11)13-6-4-3-5-12(13)18/h3-8H,1-2H3,(H,23,26). The number of nitrogens with one attached hydrogen (secondary N) is 1. The summed E-state index contributed by atoms with van der Waals surface area (Å²) in [6, 6.07) is 6.08. The minimum absolute atomic E-state index is 0.0254. The van der Waals surface area contributed by atoms with Crippen molar-refractivity contribution in [2.45, 2.75) is 20.0 Å². The zero-order valence-corrected chi connectivity index (χ0v) is 14.7. The minimum Gasteiger partial charge on any atom is -0.336 e. The van der Waals surface area contributed by atoms with Crippen molar-refractivity contribution in [3.05, 3.63) is 59.4 Å². The number of alkyl halides is 3. The van der Waals surface area contributed by atoms with E-state index in [9.17, 15) is 17.6 Å². The molecule has 1 aromatic carbocycles. The molecule has 0 fully saturated rings. The number of aryl methyl sites for hydroxylation is 1. The molecule has 28 heavy (non-hydrogen) atoms. The molecule has 0 aliphatic heterocycles. The first-order valence-corrected chi connectivity index (χ1v) is 8.12. The second-order valence-corrected chi connectivity index (χ2v) is 6.11. The summed E-state index contributed by atoms with van der Waals surface area (Å²) in [7, 11) is 0. The van der Waals surface area contributed by atoms with E-state index in [-0.39, 0.29) is 17.2 Å². The number of halogens is 4. The van der Waals surface area contributed by atoms with Crippen LogP contribution < -0.4 is 5.32 Å². The van der Waals surface area contributed by atoms with Crippen LogP contribution in [0.2, 0.25) is 0 Å². The minimum atomic E-state index is -4.69. The van der Waals surface area contributed by atoms with Crippen molar-refractivity contribution < 1.29 is 17.6 Å². The molecule has 0 saturated carbocycles. The van der Waals surface area contributed by atoms with Gasteiger partial charge in [0, 0.05) is 11.1 Å². The van der Waals surface area contributed by atoms with Gasteiger partial charge < -0.3 is 5.32 Å². The van der Waals surface area contributed by atoms with Crippen LogP contribution in [0.25, 0.3) is 11.3 Å². The quantitative estimate of drug-likeness (QED) is 0.538. The Hall–Kier alpha value is -3.50. The van der Waals surface area contributed by atoms with E-state index >= 15 is 0 Å². The van der Waals surface area contributed by atoms with E-state index in [1.54, 1.807) is 32.0 Å². The Morgan fingerprint density at radius 3 is 2.50 bits per heavy atom. The Morgan fingerprint density at radius 2 is 1.79 bits per heavy atom. The average molecular weight is 391 g/mol. The van der Waals surface area contributed by atoms with E-state index in [0.29, 0.717) is 21.3 Å². The fraction of sp³-hybridized carbons (Fsp3) is 0.176. The molecule has 0 atom stereocenters. The Bertz CT molecular complexity index is 1180. The lowest BCUT2D eigenvalue weighted by Gasteiger charge is -2.11. The van der Waals surface area contributed by atoms with Crippen LogP contribution in [0.4, 0.5) is 29.1 Å². The van der Waals surface area contributed by atoms with Crippen LogP contribution in [0.5, 0.6) is 0 Å². The van der Waals surface area contributed by atoms with Crippen LogP contribution >= 0.6 is 0 Å². The van der Waals surface area contributed by atoms with Gasteiger partial charge in [0.25, 0.3) is 5.82 Å². The first-order valence-electron chi connectivity index (χ1n) is 8.12. The van der Waals surface area contributed by atoms with Crippen molar-refractivity contribution in [1.82, 2.24) is 29.6 Å². The summed E-state index contributed by atoms with van der Waals surface area (Å²) in [4.78, 5) is 0. The maximum absolute atomic E-state index is 13.9. The van der Waals surface area contributed by atoms with Crippen molar-refractivity contribution in [3.63, 3.8) is 0 Å². The van der Waals surface area contributed by atoms with Gasteiger partial charge >= 0.3 is 6.18 Å². The highest BCUT2D eigenvalue weighted by atomic mass is 19.4. The second kappa shape index (κ2) is 6.29. The van der Waals surface area contributed by atoms with Gasteiger partial charge in [-0.15, -0.1) is 15.3 Å². The van der Waals surface area contributed by atoms with E-state index < -0.39 is 17.8 Å². The highest BCUT2D eigenvalue weighted by Crippen LogP contribution is 2.30. The molecule has 0 aliphatic carbocycles. The number of fused-ring (bicyclic) bond motifs is 1. The molecular formula is C17H13F4N7. The van der Waals surface area contributed by atoms with Crippen molar-refractivity contribution in [3.8, 4) is 5.69 Å². The van der Waals surface area contributed by atoms with Gasteiger partial charge in [-0.25, -0.2) is 9.07 Å². The first kappa shape index (κ1) is 17.9. The zero-order valence-electron chi connectivity index (χ0n) is 14.7. The number of aromatic nitrogens is 6. The Labute approximate surface area is 155 Å². The van der Waals surface area contributed by atoms with Gasteiger partial charge in [0.1, 0.15) is 11.5 Å². The number of hydrogen-bond acceptors (Lipinski definition) is 5. The van der Waals surface area contributed by atoms with E-state index in [2.05, 4.69) is 25.7 Å². The van der Waals surface area contributed by atoms with Crippen LogP contribution in [-0.2, 0) is 6.18 Å². The predicted molar refractivity (Wildman–Crippen MR) is 92.1 cm³/mol. The molecule has 11 heteroatoms. The highest BCUT2D eigenvalue weighted by molar-refractivity contribution is 5.64. The van der Waals surface area contributed by atoms with Crippen LogP contribution in [0.1, 0.15) is 17.0 Å². The maximum atomic E-state index is 13.9. The molecular weight excluding hydrogens is 378 g/mol. The van der Waals surface area contributed by atoms with Crippen molar-refractivity contribution in [1.29, 1.82) is 0 Å². The fourth-order valence-corrected chi connectivity index (χ4v) is 2.72. The molecule has 0 amide bonds. The largest absolute Gasteiger partial charge is 0.453 e. The number of benzene rings is 1. The third kappa shape index (κ3) is 2.94. The Balaban J connectivity index is 1.74. The van der Waals surface area contributed by atoms with E-state index in [1.165, 1.54) is 23.1 Å². The van der Waals surface area contributed by atoms with Gasteiger partial charge in [0.2, 0.25) is 0 Å².